The van der Waals surface area contributed by atoms with E-state index in [9.17, 15) is 26.7 Å². The Balaban J connectivity index is 3.15. The normalized spacial score (nSPS) is 12.9. The van der Waals surface area contributed by atoms with Gasteiger partial charge in [-0.2, -0.15) is 17.6 Å². The smallest absolute Gasteiger partial charge is 0.429 e. The van der Waals surface area contributed by atoms with Crippen molar-refractivity contribution in [3.8, 4) is 5.75 Å². The number of carboxylic acid groups (broad SMARTS) is 1. The lowest BCUT2D eigenvalue weighted by Crippen LogP contribution is -2.22. The molecule has 0 aliphatic carbocycles. The third-order valence-electron chi connectivity index (χ3n) is 1.73. The molecule has 3 nitrogen and oxygen atoms in total. The van der Waals surface area contributed by atoms with Crippen LogP contribution in [0, 0.1) is 5.82 Å². The molecule has 0 saturated carbocycles. The minimum atomic E-state index is -5.46. The molecule has 18 heavy (non-hydrogen) atoms. The Morgan fingerprint density at radius 2 is 1.78 bits per heavy atom. The zero-order valence-corrected chi connectivity index (χ0v) is 8.46. The number of benzene rings is 1. The van der Waals surface area contributed by atoms with Gasteiger partial charge in [-0.15, -0.1) is 0 Å². The second-order valence-corrected chi connectivity index (χ2v) is 2.98. The van der Waals surface area contributed by atoms with Gasteiger partial charge in [0, 0.05) is 0 Å². The zero-order valence-electron chi connectivity index (χ0n) is 8.46. The third-order valence-corrected chi connectivity index (χ3v) is 1.73. The molecular formula is C10H5F5O3. The maximum Gasteiger partial charge on any atom is 0.429 e. The number of carboxylic acids is 1. The maximum atomic E-state index is 13.1. The van der Waals surface area contributed by atoms with Crippen LogP contribution in [0.4, 0.5) is 22.0 Å². The molecule has 98 valence electrons. The number of hydrogen-bond donors (Lipinski definition) is 1. The molecular weight excluding hydrogens is 263 g/mol. The number of rotatable bonds is 3. The van der Waals surface area contributed by atoms with Crippen LogP contribution in [0.1, 0.15) is 0 Å². The molecule has 8 heteroatoms. The Kier molecular flexibility index (Phi) is 3.89. The van der Waals surface area contributed by atoms with Gasteiger partial charge in [0.2, 0.25) is 5.57 Å². The molecule has 0 atom stereocenters. The van der Waals surface area contributed by atoms with E-state index >= 15 is 0 Å². The Bertz CT molecular complexity index is 493. The van der Waals surface area contributed by atoms with Gasteiger partial charge in [0.25, 0.3) is 6.01 Å². The van der Waals surface area contributed by atoms with Crippen LogP contribution < -0.4 is 4.74 Å². The standard InChI is InChI=1S/C10H5F5O3/c11-5-3-1-2-4-6(5)18-8(12)7(9(16)17)10(13,14)15/h1-4H,(H,16,17). The Labute approximate surface area is 97.1 Å². The van der Waals surface area contributed by atoms with Crippen molar-refractivity contribution < 1.29 is 36.6 Å². The Morgan fingerprint density at radius 1 is 1.22 bits per heavy atom. The Morgan fingerprint density at radius 3 is 2.22 bits per heavy atom. The average molecular weight is 268 g/mol. The summed E-state index contributed by atoms with van der Waals surface area (Å²) < 4.78 is 66.5. The fourth-order valence-electron chi connectivity index (χ4n) is 0.992. The molecule has 0 heterocycles. The average Bonchev–Trinajstić information content (AvgIpc) is 2.18. The molecule has 0 amide bonds. The summed E-state index contributed by atoms with van der Waals surface area (Å²) in [6.45, 7) is 0. The van der Waals surface area contributed by atoms with Crippen LogP contribution >= 0.6 is 0 Å². The summed E-state index contributed by atoms with van der Waals surface area (Å²) in [5.41, 5.74) is -2.54. The van der Waals surface area contributed by atoms with E-state index in [-0.39, 0.29) is 0 Å². The molecule has 1 N–H and O–H groups in total. The van der Waals surface area contributed by atoms with Gasteiger partial charge in [-0.3, -0.25) is 0 Å². The van der Waals surface area contributed by atoms with Gasteiger partial charge in [-0.05, 0) is 12.1 Å². The highest BCUT2D eigenvalue weighted by Gasteiger charge is 2.44. The van der Waals surface area contributed by atoms with Crippen molar-refractivity contribution in [2.75, 3.05) is 0 Å². The summed E-state index contributed by atoms with van der Waals surface area (Å²) in [5, 5.41) is 8.23. The molecule has 1 rings (SSSR count). The first-order valence-electron chi connectivity index (χ1n) is 4.36. The van der Waals surface area contributed by atoms with Crippen LogP contribution in [0.3, 0.4) is 0 Å². The van der Waals surface area contributed by atoms with E-state index in [1.165, 1.54) is 12.1 Å². The van der Waals surface area contributed by atoms with E-state index in [2.05, 4.69) is 4.74 Å². The summed E-state index contributed by atoms with van der Waals surface area (Å²) >= 11 is 0. The van der Waals surface area contributed by atoms with Crippen LogP contribution in [0.5, 0.6) is 5.75 Å². The molecule has 0 bridgehead atoms. The lowest BCUT2D eigenvalue weighted by atomic mass is 10.3. The molecule has 0 aliphatic heterocycles. The van der Waals surface area contributed by atoms with Crippen molar-refractivity contribution in [3.63, 3.8) is 0 Å². The van der Waals surface area contributed by atoms with Crippen LogP contribution in [0.2, 0.25) is 0 Å². The maximum absolute atomic E-state index is 13.1. The molecule has 1 aromatic rings. The van der Waals surface area contributed by atoms with Crippen molar-refractivity contribution in [1.29, 1.82) is 0 Å². The summed E-state index contributed by atoms with van der Waals surface area (Å²) in [5.74, 6) is -4.53. The lowest BCUT2D eigenvalue weighted by Gasteiger charge is -2.10. The van der Waals surface area contributed by atoms with Gasteiger partial charge < -0.3 is 9.84 Å². The van der Waals surface area contributed by atoms with Crippen LogP contribution in [0.15, 0.2) is 35.9 Å². The van der Waals surface area contributed by atoms with Crippen molar-refractivity contribution in [2.24, 2.45) is 0 Å². The molecule has 0 aromatic heterocycles. The molecule has 0 radical (unpaired) electrons. The van der Waals surface area contributed by atoms with Crippen LogP contribution in [0.25, 0.3) is 0 Å². The van der Waals surface area contributed by atoms with Crippen LogP contribution in [-0.2, 0) is 4.79 Å². The number of ether oxygens (including phenoxy) is 1. The number of alkyl halides is 3. The van der Waals surface area contributed by atoms with E-state index < -0.39 is 35.3 Å². The van der Waals surface area contributed by atoms with Gasteiger partial charge >= 0.3 is 12.1 Å². The largest absolute Gasteiger partial charge is 0.477 e. The zero-order chi connectivity index (χ0) is 13.9. The highest BCUT2D eigenvalue weighted by molar-refractivity contribution is 5.88. The fourth-order valence-corrected chi connectivity index (χ4v) is 0.992. The minimum Gasteiger partial charge on any atom is -0.477 e. The summed E-state index contributed by atoms with van der Waals surface area (Å²) in [7, 11) is 0. The predicted molar refractivity (Wildman–Crippen MR) is 48.9 cm³/mol. The number of para-hydroxylation sites is 1. The first-order chi connectivity index (χ1) is 8.23. The van der Waals surface area contributed by atoms with E-state index in [1.807, 2.05) is 0 Å². The monoisotopic (exact) mass is 268 g/mol. The number of aliphatic carboxylic acids is 1. The van der Waals surface area contributed by atoms with Crippen molar-refractivity contribution in [1.82, 2.24) is 0 Å². The highest BCUT2D eigenvalue weighted by Crippen LogP contribution is 2.30. The molecule has 0 fully saturated rings. The minimum absolute atomic E-state index is 0.816. The highest BCUT2D eigenvalue weighted by atomic mass is 19.4. The van der Waals surface area contributed by atoms with Crippen LogP contribution in [-0.4, -0.2) is 17.3 Å². The molecule has 0 saturated heterocycles. The first kappa shape index (κ1) is 13.9. The van der Waals surface area contributed by atoms with Gasteiger partial charge in [0.15, 0.2) is 11.6 Å². The molecule has 0 spiro atoms. The van der Waals surface area contributed by atoms with Crippen molar-refractivity contribution in [3.05, 3.63) is 41.7 Å². The van der Waals surface area contributed by atoms with Gasteiger partial charge in [0.1, 0.15) is 0 Å². The van der Waals surface area contributed by atoms with Gasteiger partial charge in [-0.25, -0.2) is 9.18 Å². The van der Waals surface area contributed by atoms with Crippen molar-refractivity contribution in [2.45, 2.75) is 6.18 Å². The fraction of sp³-hybridized carbons (Fsp3) is 0.100. The van der Waals surface area contributed by atoms with E-state index in [0.717, 1.165) is 12.1 Å². The van der Waals surface area contributed by atoms with E-state index in [1.54, 1.807) is 0 Å². The second kappa shape index (κ2) is 5.03. The topological polar surface area (TPSA) is 46.5 Å². The van der Waals surface area contributed by atoms with Gasteiger partial charge in [0.05, 0.1) is 0 Å². The first-order valence-corrected chi connectivity index (χ1v) is 4.36. The summed E-state index contributed by atoms with van der Waals surface area (Å²) in [6.07, 6.45) is -5.46. The SMILES string of the molecule is O=C(O)C(=C(F)Oc1ccccc1F)C(F)(F)F. The van der Waals surface area contributed by atoms with Crippen molar-refractivity contribution >= 4 is 5.97 Å². The van der Waals surface area contributed by atoms with Gasteiger partial charge in [-0.1, -0.05) is 12.1 Å². The predicted octanol–water partition coefficient (Wildman–Crippen LogP) is 3.03. The summed E-state index contributed by atoms with van der Waals surface area (Å²) in [4.78, 5) is 10.3. The summed E-state index contributed by atoms with van der Waals surface area (Å²) in [6, 6.07) is 1.62. The molecule has 0 aliphatic rings. The molecule has 1 aromatic carbocycles. The number of carbonyl (C=O) groups is 1. The second-order valence-electron chi connectivity index (χ2n) is 2.98. The number of halogens is 5. The Hall–Kier alpha value is -2.12. The van der Waals surface area contributed by atoms with E-state index in [0.29, 0.717) is 0 Å². The van der Waals surface area contributed by atoms with E-state index in [4.69, 9.17) is 5.11 Å². The third kappa shape index (κ3) is 3.19. The quantitative estimate of drug-likeness (QED) is 0.520. The molecule has 0 unspecified atom stereocenters. The number of hydrogen-bond acceptors (Lipinski definition) is 2. The lowest BCUT2D eigenvalue weighted by molar-refractivity contribution is -0.146.